The molecule has 0 saturated heterocycles. The lowest BCUT2D eigenvalue weighted by Gasteiger charge is -2.38. The molecule has 2 aromatic rings. The molecule has 0 radical (unpaired) electrons. The van der Waals surface area contributed by atoms with Gasteiger partial charge in [-0.15, -0.1) is 0 Å². The summed E-state index contributed by atoms with van der Waals surface area (Å²) in [5, 5.41) is 22.7. The Kier molecular flexibility index (Phi) is 4.32. The van der Waals surface area contributed by atoms with E-state index in [9.17, 15) is 15.0 Å². The van der Waals surface area contributed by atoms with Gasteiger partial charge >= 0.3 is 0 Å². The van der Waals surface area contributed by atoms with Crippen molar-refractivity contribution in [1.29, 1.82) is 0 Å². The number of hydrogen-bond donors (Lipinski definition) is 3. The van der Waals surface area contributed by atoms with E-state index < -0.39 is 0 Å². The number of fused-ring (bicyclic) bond motifs is 1. The predicted molar refractivity (Wildman–Crippen MR) is 97.4 cm³/mol. The number of aliphatic hydroxyl groups is 1. The number of ether oxygens (including phenoxy) is 1. The molecule has 0 bridgehead atoms. The number of carbonyl (C=O) groups excluding carboxylic acids is 1. The van der Waals surface area contributed by atoms with Crippen LogP contribution in [0.4, 0.5) is 0 Å². The number of aliphatic hydroxyl groups excluding tert-OH is 1. The molecular weight excluding hydrogens is 330 g/mol. The first-order valence-corrected chi connectivity index (χ1v) is 9.05. The van der Waals surface area contributed by atoms with Crippen molar-refractivity contribution in [2.75, 3.05) is 6.61 Å². The molecule has 26 heavy (non-hydrogen) atoms. The van der Waals surface area contributed by atoms with Crippen LogP contribution in [0.15, 0.2) is 36.4 Å². The van der Waals surface area contributed by atoms with Gasteiger partial charge in [-0.3, -0.25) is 4.79 Å². The van der Waals surface area contributed by atoms with Crippen LogP contribution in [0.25, 0.3) is 0 Å². The first kappa shape index (κ1) is 16.9. The Morgan fingerprint density at radius 2 is 2.04 bits per heavy atom. The van der Waals surface area contributed by atoms with Crippen molar-refractivity contribution in [2.24, 2.45) is 5.92 Å². The average Bonchev–Trinajstić information content (AvgIpc) is 3.07. The Morgan fingerprint density at radius 3 is 2.77 bits per heavy atom. The minimum atomic E-state index is -0.291. The van der Waals surface area contributed by atoms with Crippen molar-refractivity contribution in [1.82, 2.24) is 5.32 Å². The van der Waals surface area contributed by atoms with Crippen LogP contribution in [0, 0.1) is 12.8 Å². The first-order chi connectivity index (χ1) is 12.5. The Morgan fingerprint density at radius 1 is 1.23 bits per heavy atom. The number of benzene rings is 2. The molecule has 1 amide bonds. The van der Waals surface area contributed by atoms with Gasteiger partial charge in [0.1, 0.15) is 11.5 Å². The molecule has 4 rings (SSSR count). The van der Waals surface area contributed by atoms with Gasteiger partial charge in [0.05, 0.1) is 18.8 Å². The maximum absolute atomic E-state index is 12.7. The van der Waals surface area contributed by atoms with E-state index in [1.807, 2.05) is 12.1 Å². The second-order valence-corrected chi connectivity index (χ2v) is 7.30. The van der Waals surface area contributed by atoms with E-state index >= 15 is 0 Å². The van der Waals surface area contributed by atoms with Crippen LogP contribution in [-0.2, 0) is 6.42 Å². The third-order valence-corrected chi connectivity index (χ3v) is 5.45. The molecule has 1 heterocycles. The van der Waals surface area contributed by atoms with Crippen LogP contribution in [0.3, 0.4) is 0 Å². The maximum Gasteiger partial charge on any atom is 0.251 e. The third kappa shape index (κ3) is 3.15. The van der Waals surface area contributed by atoms with Crippen molar-refractivity contribution in [3.8, 4) is 11.5 Å². The predicted octanol–water partition coefficient (Wildman–Crippen LogP) is 2.88. The minimum Gasteiger partial charge on any atom is -0.508 e. The standard InChI is InChI=1S/C21H23NO4/c1-12-2-3-15(11-18(12)24)21(25)22-20(16-9-17(23)10-16)14-4-5-19-13(8-14)6-7-26-19/h2-5,8,11,16-17,20,23-24H,6-7,9-10H2,1H3,(H,22,25)/t16?,17?,20-/m1/s1. The van der Waals surface area contributed by atoms with Crippen LogP contribution in [0.1, 0.15) is 45.9 Å². The Balaban J connectivity index is 1.59. The molecule has 5 heteroatoms. The number of aryl methyl sites for hydroxylation is 1. The minimum absolute atomic E-state index is 0.114. The average molecular weight is 353 g/mol. The van der Waals surface area contributed by atoms with Crippen LogP contribution in [-0.4, -0.2) is 28.8 Å². The van der Waals surface area contributed by atoms with Crippen molar-refractivity contribution in [2.45, 2.75) is 38.3 Å². The fraction of sp³-hybridized carbons (Fsp3) is 0.381. The molecule has 136 valence electrons. The lowest BCUT2D eigenvalue weighted by molar-refractivity contribution is 0.0235. The Bertz CT molecular complexity index is 842. The Hall–Kier alpha value is -2.53. The molecule has 2 aliphatic rings. The van der Waals surface area contributed by atoms with Gasteiger partial charge in [-0.25, -0.2) is 0 Å². The highest BCUT2D eigenvalue weighted by molar-refractivity contribution is 5.95. The number of hydrogen-bond acceptors (Lipinski definition) is 4. The summed E-state index contributed by atoms with van der Waals surface area (Å²) in [7, 11) is 0. The molecule has 1 atom stereocenters. The molecule has 1 aliphatic heterocycles. The highest BCUT2D eigenvalue weighted by atomic mass is 16.5. The van der Waals surface area contributed by atoms with Crippen LogP contribution in [0.2, 0.25) is 0 Å². The molecule has 5 nitrogen and oxygen atoms in total. The first-order valence-electron chi connectivity index (χ1n) is 9.05. The van der Waals surface area contributed by atoms with Crippen molar-refractivity contribution in [3.63, 3.8) is 0 Å². The molecule has 3 N–H and O–H groups in total. The third-order valence-electron chi connectivity index (χ3n) is 5.45. The number of phenols is 1. The number of phenolic OH excluding ortho intramolecular Hbond substituents is 1. The monoisotopic (exact) mass is 353 g/mol. The second kappa shape index (κ2) is 6.65. The zero-order valence-corrected chi connectivity index (χ0v) is 14.7. The Labute approximate surface area is 152 Å². The largest absolute Gasteiger partial charge is 0.508 e. The summed E-state index contributed by atoms with van der Waals surface area (Å²) in [5.74, 6) is 1.01. The summed E-state index contributed by atoms with van der Waals surface area (Å²) in [4.78, 5) is 12.7. The number of carbonyl (C=O) groups is 1. The smallest absolute Gasteiger partial charge is 0.251 e. The molecule has 2 aromatic carbocycles. The molecular formula is C21H23NO4. The molecule has 0 unspecified atom stereocenters. The summed E-state index contributed by atoms with van der Waals surface area (Å²) in [6, 6.07) is 10.8. The van der Waals surface area contributed by atoms with Gasteiger partial charge in [-0.2, -0.15) is 0 Å². The molecule has 1 aliphatic carbocycles. The van der Waals surface area contributed by atoms with E-state index in [1.54, 1.807) is 19.1 Å². The molecule has 0 aromatic heterocycles. The van der Waals surface area contributed by atoms with Crippen LogP contribution >= 0.6 is 0 Å². The van der Waals surface area contributed by atoms with E-state index in [4.69, 9.17) is 4.74 Å². The molecule has 0 spiro atoms. The lowest BCUT2D eigenvalue weighted by atomic mass is 9.74. The van der Waals surface area contributed by atoms with Gasteiger partial charge < -0.3 is 20.3 Å². The van der Waals surface area contributed by atoms with Gasteiger partial charge in [0, 0.05) is 12.0 Å². The summed E-state index contributed by atoms with van der Waals surface area (Å²) in [6.07, 6.45) is 1.94. The second-order valence-electron chi connectivity index (χ2n) is 7.30. The SMILES string of the molecule is Cc1ccc(C(=O)N[C@H](c2ccc3c(c2)CCO3)C2CC(O)C2)cc1O. The fourth-order valence-electron chi connectivity index (χ4n) is 3.75. The van der Waals surface area contributed by atoms with E-state index in [1.165, 1.54) is 6.07 Å². The van der Waals surface area contributed by atoms with E-state index in [2.05, 4.69) is 11.4 Å². The zero-order valence-electron chi connectivity index (χ0n) is 14.7. The van der Waals surface area contributed by atoms with E-state index in [0.29, 0.717) is 25.0 Å². The fourth-order valence-corrected chi connectivity index (χ4v) is 3.75. The van der Waals surface area contributed by atoms with Crippen molar-refractivity contribution >= 4 is 5.91 Å². The lowest BCUT2D eigenvalue weighted by Crippen LogP contribution is -2.41. The number of rotatable bonds is 4. The number of amides is 1. The van der Waals surface area contributed by atoms with E-state index in [0.717, 1.165) is 28.9 Å². The topological polar surface area (TPSA) is 78.8 Å². The molecule has 1 saturated carbocycles. The van der Waals surface area contributed by atoms with Gasteiger partial charge in [0.15, 0.2) is 0 Å². The summed E-state index contributed by atoms with van der Waals surface area (Å²) in [5.41, 5.74) is 3.37. The quantitative estimate of drug-likeness (QED) is 0.790. The van der Waals surface area contributed by atoms with Crippen molar-refractivity contribution < 1.29 is 19.7 Å². The highest BCUT2D eigenvalue weighted by Gasteiger charge is 2.36. The number of aromatic hydroxyl groups is 1. The van der Waals surface area contributed by atoms with Gasteiger partial charge in [-0.05, 0) is 66.6 Å². The van der Waals surface area contributed by atoms with Crippen LogP contribution < -0.4 is 10.1 Å². The summed E-state index contributed by atoms with van der Waals surface area (Å²) in [6.45, 7) is 2.49. The normalized spacial score (nSPS) is 22.1. The number of nitrogens with one attached hydrogen (secondary N) is 1. The van der Waals surface area contributed by atoms with Gasteiger partial charge in [0.2, 0.25) is 0 Å². The van der Waals surface area contributed by atoms with E-state index in [-0.39, 0.29) is 29.7 Å². The highest BCUT2D eigenvalue weighted by Crippen LogP contribution is 2.40. The van der Waals surface area contributed by atoms with Crippen molar-refractivity contribution in [3.05, 3.63) is 58.7 Å². The summed E-state index contributed by atoms with van der Waals surface area (Å²) >= 11 is 0. The van der Waals surface area contributed by atoms with Gasteiger partial charge in [0.25, 0.3) is 5.91 Å². The maximum atomic E-state index is 12.7. The van der Waals surface area contributed by atoms with Crippen LogP contribution in [0.5, 0.6) is 11.5 Å². The zero-order chi connectivity index (χ0) is 18.3. The van der Waals surface area contributed by atoms with Gasteiger partial charge in [-0.1, -0.05) is 12.1 Å². The summed E-state index contributed by atoms with van der Waals surface area (Å²) < 4.78 is 5.57. The molecule has 1 fully saturated rings.